The van der Waals surface area contributed by atoms with E-state index in [0.29, 0.717) is 0 Å². The van der Waals surface area contributed by atoms with Crippen LogP contribution in [0.25, 0.3) is 5.13 Å². The summed E-state index contributed by atoms with van der Waals surface area (Å²) in [6.45, 7) is 1.83. The van der Waals surface area contributed by atoms with Gasteiger partial charge in [-0.2, -0.15) is 4.68 Å². The number of thiazole rings is 1. The minimum atomic E-state index is 0. The van der Waals surface area contributed by atoms with Gasteiger partial charge >= 0.3 is 0 Å². The lowest BCUT2D eigenvalue weighted by Gasteiger charge is -1.91. The van der Waals surface area contributed by atoms with Gasteiger partial charge in [0, 0.05) is 11.6 Å². The van der Waals surface area contributed by atoms with Crippen LogP contribution in [0.5, 0.6) is 0 Å². The van der Waals surface area contributed by atoms with E-state index in [-0.39, 0.29) is 11.0 Å². The maximum atomic E-state index is 4.06. The van der Waals surface area contributed by atoms with Crippen molar-refractivity contribution in [2.24, 2.45) is 0 Å². The zero-order valence-electron chi connectivity index (χ0n) is 5.80. The zero-order chi connectivity index (χ0) is 7.68. The molecule has 0 aromatic carbocycles. The number of tetrazole rings is 1. The summed E-state index contributed by atoms with van der Waals surface area (Å²) in [4.78, 5) is 4.06. The lowest BCUT2D eigenvalue weighted by atomic mass is 10.7. The number of aromatic nitrogens is 5. The summed E-state index contributed by atoms with van der Waals surface area (Å²) in [5.74, 6) is 0.750. The van der Waals surface area contributed by atoms with Gasteiger partial charge in [-0.1, -0.05) is 0 Å². The molecule has 0 amide bonds. The van der Waals surface area contributed by atoms with Crippen LogP contribution in [0.3, 0.4) is 0 Å². The van der Waals surface area contributed by atoms with Crippen molar-refractivity contribution in [2.75, 3.05) is 0 Å². The molecule has 2 rings (SSSR count). The van der Waals surface area contributed by atoms with E-state index in [2.05, 4.69) is 20.5 Å². The highest BCUT2D eigenvalue weighted by atomic mass is 32.1. The van der Waals surface area contributed by atoms with Gasteiger partial charge in [0.05, 0.1) is 0 Å². The Morgan fingerprint density at radius 1 is 1.50 bits per heavy atom. The SMILES string of the molecule is Cc1nnnn1-c1nccs1.[SiH4]. The first-order chi connectivity index (χ1) is 5.38. The summed E-state index contributed by atoms with van der Waals surface area (Å²) < 4.78 is 1.60. The lowest BCUT2D eigenvalue weighted by Crippen LogP contribution is -1.97. The quantitative estimate of drug-likeness (QED) is 0.551. The van der Waals surface area contributed by atoms with Gasteiger partial charge in [-0.25, -0.2) is 4.98 Å². The molecule has 0 aliphatic heterocycles. The Morgan fingerprint density at radius 3 is 2.83 bits per heavy atom. The van der Waals surface area contributed by atoms with Crippen molar-refractivity contribution in [1.82, 2.24) is 25.2 Å². The molecule has 0 saturated carbocycles. The molecule has 0 unspecified atom stereocenters. The summed E-state index contributed by atoms with van der Waals surface area (Å²) in [6.07, 6.45) is 1.72. The molecule has 0 fully saturated rings. The molecule has 0 N–H and O–H groups in total. The van der Waals surface area contributed by atoms with Gasteiger partial charge in [-0.05, 0) is 28.3 Å². The van der Waals surface area contributed by atoms with Crippen LogP contribution in [-0.2, 0) is 0 Å². The molecule has 2 heterocycles. The second-order valence-corrected chi connectivity index (χ2v) is 2.83. The fourth-order valence-electron chi connectivity index (χ4n) is 0.729. The normalized spacial score (nSPS) is 9.42. The standard InChI is InChI=1S/C5H5N5S.H4Si/c1-4-7-8-9-10(4)5-6-2-3-11-5;/h2-3H,1H3;1H4. The second-order valence-electron chi connectivity index (χ2n) is 1.95. The van der Waals surface area contributed by atoms with Crippen LogP contribution in [0.15, 0.2) is 11.6 Å². The molecule has 2 aromatic heterocycles. The number of nitrogens with zero attached hydrogens (tertiary/aromatic N) is 5. The van der Waals surface area contributed by atoms with E-state index in [1.165, 1.54) is 11.3 Å². The topological polar surface area (TPSA) is 56.5 Å². The summed E-state index contributed by atoms with van der Waals surface area (Å²) in [5, 5.41) is 13.7. The van der Waals surface area contributed by atoms with Gasteiger partial charge in [0.15, 0.2) is 5.82 Å². The Bertz CT molecular complexity index is 342. The van der Waals surface area contributed by atoms with Crippen molar-refractivity contribution in [1.29, 1.82) is 0 Å². The highest BCUT2D eigenvalue weighted by molar-refractivity contribution is 7.12. The van der Waals surface area contributed by atoms with E-state index in [1.807, 2.05) is 12.3 Å². The Kier molecular flexibility index (Phi) is 2.66. The van der Waals surface area contributed by atoms with Crippen molar-refractivity contribution in [3.63, 3.8) is 0 Å². The van der Waals surface area contributed by atoms with Gasteiger partial charge in [-0.15, -0.1) is 16.4 Å². The van der Waals surface area contributed by atoms with Crippen molar-refractivity contribution >= 4 is 22.3 Å². The van der Waals surface area contributed by atoms with Crippen LogP contribution in [0.4, 0.5) is 0 Å². The van der Waals surface area contributed by atoms with E-state index in [0.717, 1.165) is 11.0 Å². The predicted octanol–water partition coefficient (Wildman–Crippen LogP) is -1.02. The maximum absolute atomic E-state index is 4.06. The number of hydrogen-bond donors (Lipinski definition) is 0. The molecule has 0 aliphatic rings. The van der Waals surface area contributed by atoms with E-state index in [9.17, 15) is 0 Å². The van der Waals surface area contributed by atoms with E-state index >= 15 is 0 Å². The Balaban J connectivity index is 0.000000720. The fraction of sp³-hybridized carbons (Fsp3) is 0.200. The third kappa shape index (κ3) is 1.41. The fourth-order valence-corrected chi connectivity index (χ4v) is 1.36. The van der Waals surface area contributed by atoms with E-state index in [4.69, 9.17) is 0 Å². The number of hydrogen-bond acceptors (Lipinski definition) is 5. The Hall–Kier alpha value is -1.08. The van der Waals surface area contributed by atoms with Crippen molar-refractivity contribution < 1.29 is 0 Å². The summed E-state index contributed by atoms with van der Waals surface area (Å²) in [7, 11) is 0. The van der Waals surface area contributed by atoms with Crippen LogP contribution in [0.1, 0.15) is 5.82 Å². The molecular weight excluding hydrogens is 190 g/mol. The monoisotopic (exact) mass is 199 g/mol. The molecule has 0 radical (unpaired) electrons. The van der Waals surface area contributed by atoms with Gasteiger partial charge in [0.25, 0.3) is 0 Å². The van der Waals surface area contributed by atoms with E-state index < -0.39 is 0 Å². The van der Waals surface area contributed by atoms with Crippen molar-refractivity contribution in [2.45, 2.75) is 6.92 Å². The Morgan fingerprint density at radius 2 is 2.33 bits per heavy atom. The average molecular weight is 199 g/mol. The molecule has 2 aromatic rings. The molecule has 7 heteroatoms. The van der Waals surface area contributed by atoms with Crippen LogP contribution < -0.4 is 0 Å². The molecule has 0 atom stereocenters. The third-order valence-corrected chi connectivity index (χ3v) is 1.97. The number of rotatable bonds is 1. The minimum absolute atomic E-state index is 0. The maximum Gasteiger partial charge on any atom is 0.213 e. The van der Waals surface area contributed by atoms with Gasteiger partial charge in [0.2, 0.25) is 5.13 Å². The average Bonchev–Trinajstić information content (AvgIpc) is 2.55. The molecule has 64 valence electrons. The second kappa shape index (κ2) is 3.54. The molecular formula is C5H9N5SSi. The van der Waals surface area contributed by atoms with Gasteiger partial charge in [-0.3, -0.25) is 0 Å². The van der Waals surface area contributed by atoms with Crippen LogP contribution in [-0.4, -0.2) is 36.2 Å². The molecule has 0 aliphatic carbocycles. The minimum Gasteiger partial charge on any atom is -0.227 e. The highest BCUT2D eigenvalue weighted by Gasteiger charge is 2.03. The Labute approximate surface area is 77.5 Å². The van der Waals surface area contributed by atoms with Crippen LogP contribution in [0.2, 0.25) is 0 Å². The molecule has 0 spiro atoms. The summed E-state index contributed by atoms with van der Waals surface area (Å²) >= 11 is 1.50. The first kappa shape index (κ1) is 9.01. The first-order valence-electron chi connectivity index (χ1n) is 3.03. The molecule has 5 nitrogen and oxygen atoms in total. The van der Waals surface area contributed by atoms with Crippen LogP contribution >= 0.6 is 11.3 Å². The van der Waals surface area contributed by atoms with Crippen LogP contribution in [0, 0.1) is 6.92 Å². The first-order valence-corrected chi connectivity index (χ1v) is 3.91. The molecule has 0 saturated heterocycles. The van der Waals surface area contributed by atoms with Gasteiger partial charge in [0.1, 0.15) is 0 Å². The predicted molar refractivity (Wildman–Crippen MR) is 50.9 cm³/mol. The van der Waals surface area contributed by atoms with E-state index in [1.54, 1.807) is 10.9 Å². The molecule has 0 bridgehead atoms. The number of aryl methyl sites for hydroxylation is 1. The largest absolute Gasteiger partial charge is 0.227 e. The molecule has 12 heavy (non-hydrogen) atoms. The van der Waals surface area contributed by atoms with Crippen molar-refractivity contribution in [3.05, 3.63) is 17.4 Å². The smallest absolute Gasteiger partial charge is 0.213 e. The van der Waals surface area contributed by atoms with Gasteiger partial charge < -0.3 is 0 Å². The summed E-state index contributed by atoms with van der Waals surface area (Å²) in [6, 6.07) is 0. The highest BCUT2D eigenvalue weighted by Crippen LogP contribution is 2.09. The lowest BCUT2D eigenvalue weighted by molar-refractivity contribution is 0.774. The van der Waals surface area contributed by atoms with Crippen molar-refractivity contribution in [3.8, 4) is 5.13 Å². The summed E-state index contributed by atoms with van der Waals surface area (Å²) in [5.41, 5.74) is 0. The third-order valence-electron chi connectivity index (χ3n) is 1.23. The zero-order valence-corrected chi connectivity index (χ0v) is 6.62.